The maximum absolute atomic E-state index is 13.2. The van der Waals surface area contributed by atoms with E-state index in [-0.39, 0.29) is 5.56 Å². The Labute approximate surface area is 118 Å². The van der Waals surface area contributed by atoms with Gasteiger partial charge in [0.2, 0.25) is 0 Å². The van der Waals surface area contributed by atoms with Gasteiger partial charge in [0.25, 0.3) is 6.43 Å². The molecular formula is C15H21F2N3. The van der Waals surface area contributed by atoms with E-state index >= 15 is 0 Å². The number of hydrogen-bond acceptors (Lipinski definition) is 3. The topological polar surface area (TPSA) is 32.5 Å². The highest BCUT2D eigenvalue weighted by Gasteiger charge is 2.35. The van der Waals surface area contributed by atoms with E-state index in [1.807, 2.05) is 0 Å². The van der Waals surface area contributed by atoms with Gasteiger partial charge < -0.3 is 10.6 Å². The zero-order valence-electron chi connectivity index (χ0n) is 11.7. The third-order valence-electron chi connectivity index (χ3n) is 4.78. The van der Waals surface area contributed by atoms with Crippen molar-refractivity contribution in [2.75, 3.05) is 30.8 Å². The van der Waals surface area contributed by atoms with Gasteiger partial charge in [-0.3, -0.25) is 4.90 Å². The summed E-state index contributed by atoms with van der Waals surface area (Å²) in [4.78, 5) is 4.53. The molecule has 2 atom stereocenters. The van der Waals surface area contributed by atoms with E-state index < -0.39 is 6.43 Å². The number of rotatable bonds is 2. The van der Waals surface area contributed by atoms with Gasteiger partial charge >= 0.3 is 0 Å². The molecule has 2 aliphatic heterocycles. The predicted molar refractivity (Wildman–Crippen MR) is 77.2 cm³/mol. The Bertz CT molecular complexity index is 492. The van der Waals surface area contributed by atoms with Crippen LogP contribution in [0.4, 0.5) is 20.2 Å². The highest BCUT2D eigenvalue weighted by atomic mass is 19.3. The Morgan fingerprint density at radius 1 is 1.20 bits per heavy atom. The van der Waals surface area contributed by atoms with E-state index in [9.17, 15) is 8.78 Å². The van der Waals surface area contributed by atoms with E-state index in [1.54, 1.807) is 12.1 Å². The van der Waals surface area contributed by atoms with E-state index in [0.29, 0.717) is 23.5 Å². The van der Waals surface area contributed by atoms with Crippen molar-refractivity contribution in [1.29, 1.82) is 0 Å². The fraction of sp³-hybridized carbons (Fsp3) is 0.600. The highest BCUT2D eigenvalue weighted by Crippen LogP contribution is 2.35. The number of benzene rings is 1. The molecule has 0 radical (unpaired) electrons. The lowest BCUT2D eigenvalue weighted by molar-refractivity contribution is 0.152. The van der Waals surface area contributed by atoms with Crippen LogP contribution in [-0.2, 0) is 0 Å². The summed E-state index contributed by atoms with van der Waals surface area (Å²) in [5.74, 6) is 0. The fourth-order valence-electron chi connectivity index (χ4n) is 3.56. The molecule has 1 aromatic carbocycles. The van der Waals surface area contributed by atoms with Gasteiger partial charge in [0.15, 0.2) is 0 Å². The SMILES string of the molecule is CN1C2CCC1CN(c1ccc(N)cc1C(F)F)CC2. The Balaban J connectivity index is 1.89. The number of likely N-dealkylation sites (N-methyl/N-ethyl adjacent to an activating group) is 1. The molecule has 3 rings (SSSR count). The van der Waals surface area contributed by atoms with Crippen LogP contribution in [0, 0.1) is 0 Å². The minimum atomic E-state index is -2.48. The van der Waals surface area contributed by atoms with Crippen molar-refractivity contribution in [2.45, 2.75) is 37.8 Å². The lowest BCUT2D eigenvalue weighted by atomic mass is 10.1. The van der Waals surface area contributed by atoms with Crippen LogP contribution in [0.2, 0.25) is 0 Å². The van der Waals surface area contributed by atoms with Crippen LogP contribution in [0.25, 0.3) is 0 Å². The van der Waals surface area contributed by atoms with Crippen LogP contribution in [0.15, 0.2) is 18.2 Å². The number of alkyl halides is 2. The monoisotopic (exact) mass is 281 g/mol. The molecule has 2 aliphatic rings. The van der Waals surface area contributed by atoms with Crippen LogP contribution in [0.5, 0.6) is 0 Å². The van der Waals surface area contributed by atoms with E-state index in [2.05, 4.69) is 16.8 Å². The molecule has 20 heavy (non-hydrogen) atoms. The van der Waals surface area contributed by atoms with Gasteiger partial charge in [0.05, 0.1) is 0 Å². The van der Waals surface area contributed by atoms with Gasteiger partial charge in [-0.2, -0.15) is 0 Å². The molecule has 2 N–H and O–H groups in total. The number of hydrogen-bond donors (Lipinski definition) is 1. The van der Waals surface area contributed by atoms with Crippen molar-refractivity contribution in [3.63, 3.8) is 0 Å². The number of halogens is 2. The van der Waals surface area contributed by atoms with Gasteiger partial charge in [-0.1, -0.05) is 0 Å². The summed E-state index contributed by atoms with van der Waals surface area (Å²) in [6.45, 7) is 1.67. The molecule has 0 aromatic heterocycles. The Hall–Kier alpha value is -1.36. The average Bonchev–Trinajstić information content (AvgIpc) is 2.64. The third-order valence-corrected chi connectivity index (χ3v) is 4.78. The molecule has 3 nitrogen and oxygen atoms in total. The summed E-state index contributed by atoms with van der Waals surface area (Å²) in [5.41, 5.74) is 6.76. The second-order valence-electron chi connectivity index (χ2n) is 5.90. The standard InChI is InChI=1S/C15H21F2N3/c1-19-11-3-4-12(19)9-20(7-6-11)14-5-2-10(18)8-13(14)15(16)17/h2,5,8,11-12,15H,3-4,6-7,9,18H2,1H3. The first-order valence-corrected chi connectivity index (χ1v) is 7.20. The van der Waals surface area contributed by atoms with Crippen molar-refractivity contribution < 1.29 is 8.78 Å². The van der Waals surface area contributed by atoms with E-state index in [4.69, 9.17) is 5.73 Å². The molecule has 0 saturated carbocycles. The summed E-state index contributed by atoms with van der Waals surface area (Å²) in [6.07, 6.45) is 0.960. The predicted octanol–water partition coefficient (Wildman–Crippen LogP) is 2.88. The first-order chi connectivity index (χ1) is 9.56. The van der Waals surface area contributed by atoms with Crippen molar-refractivity contribution in [1.82, 2.24) is 4.90 Å². The molecule has 2 heterocycles. The number of nitrogen functional groups attached to an aromatic ring is 1. The average molecular weight is 281 g/mol. The zero-order chi connectivity index (χ0) is 14.3. The van der Waals surface area contributed by atoms with Gasteiger partial charge in [0.1, 0.15) is 0 Å². The third kappa shape index (κ3) is 2.35. The van der Waals surface area contributed by atoms with E-state index in [1.165, 1.54) is 12.5 Å². The Morgan fingerprint density at radius 2 is 1.95 bits per heavy atom. The largest absolute Gasteiger partial charge is 0.399 e. The van der Waals surface area contributed by atoms with Crippen LogP contribution in [0.3, 0.4) is 0 Å². The minimum absolute atomic E-state index is 0.0606. The molecule has 0 amide bonds. The summed E-state index contributed by atoms with van der Waals surface area (Å²) in [6, 6.07) is 5.95. The molecule has 2 bridgehead atoms. The minimum Gasteiger partial charge on any atom is -0.399 e. The fourth-order valence-corrected chi connectivity index (χ4v) is 3.56. The van der Waals surface area contributed by atoms with Crippen molar-refractivity contribution >= 4 is 11.4 Å². The molecule has 5 heteroatoms. The second kappa shape index (κ2) is 5.20. The molecule has 2 fully saturated rings. The maximum atomic E-state index is 13.2. The van der Waals surface area contributed by atoms with Crippen LogP contribution < -0.4 is 10.6 Å². The van der Waals surface area contributed by atoms with Gasteiger partial charge in [-0.15, -0.1) is 0 Å². The molecule has 2 unspecified atom stereocenters. The maximum Gasteiger partial charge on any atom is 0.265 e. The second-order valence-corrected chi connectivity index (χ2v) is 5.90. The molecule has 2 saturated heterocycles. The summed E-state index contributed by atoms with van der Waals surface area (Å²) < 4.78 is 26.5. The first-order valence-electron chi connectivity index (χ1n) is 7.20. The first kappa shape index (κ1) is 13.6. The molecule has 1 aromatic rings. The van der Waals surface area contributed by atoms with Gasteiger partial charge in [-0.25, -0.2) is 8.78 Å². The highest BCUT2D eigenvalue weighted by molar-refractivity contribution is 5.60. The Morgan fingerprint density at radius 3 is 2.70 bits per heavy atom. The number of fused-ring (bicyclic) bond motifs is 2. The zero-order valence-corrected chi connectivity index (χ0v) is 11.7. The lowest BCUT2D eigenvalue weighted by Crippen LogP contribution is -2.37. The quantitative estimate of drug-likeness (QED) is 0.846. The number of nitrogens with two attached hydrogens (primary N) is 1. The smallest absolute Gasteiger partial charge is 0.265 e. The van der Waals surface area contributed by atoms with Gasteiger partial charge in [0, 0.05) is 42.1 Å². The normalized spacial score (nSPS) is 27.1. The number of nitrogens with zero attached hydrogens (tertiary/aromatic N) is 2. The van der Waals surface area contributed by atoms with Crippen LogP contribution in [0.1, 0.15) is 31.3 Å². The molecule has 110 valence electrons. The Kier molecular flexibility index (Phi) is 3.54. The van der Waals surface area contributed by atoms with Crippen molar-refractivity contribution in [3.8, 4) is 0 Å². The summed E-state index contributed by atoms with van der Waals surface area (Å²) >= 11 is 0. The van der Waals surface area contributed by atoms with Crippen molar-refractivity contribution in [3.05, 3.63) is 23.8 Å². The number of anilines is 2. The van der Waals surface area contributed by atoms with Gasteiger partial charge in [-0.05, 0) is 44.5 Å². The molecule has 0 spiro atoms. The van der Waals surface area contributed by atoms with Crippen LogP contribution >= 0.6 is 0 Å². The summed E-state index contributed by atoms with van der Waals surface area (Å²) in [5, 5.41) is 0. The van der Waals surface area contributed by atoms with Crippen LogP contribution in [-0.4, -0.2) is 37.1 Å². The molecular weight excluding hydrogens is 260 g/mol. The van der Waals surface area contributed by atoms with E-state index in [0.717, 1.165) is 25.9 Å². The summed E-state index contributed by atoms with van der Waals surface area (Å²) in [7, 11) is 2.16. The molecule has 0 aliphatic carbocycles. The lowest BCUT2D eigenvalue weighted by Gasteiger charge is -2.29. The van der Waals surface area contributed by atoms with Crippen molar-refractivity contribution in [2.24, 2.45) is 0 Å².